The fourth-order valence-corrected chi connectivity index (χ4v) is 5.82. The number of hydrogen-bond donors (Lipinski definition) is 0. The van der Waals surface area contributed by atoms with E-state index >= 15 is 0 Å². The molecule has 1 aliphatic heterocycles. The molecule has 4 rings (SSSR count). The standard InChI is InChI=1S/C28H35NO5Si/c1-28(2,3)35(6,7)34-20-16-21(18-13-14-23(32-4)24(15-18)33-5)25-22(17-20)26(30)29(27(25)31)19-11-9-8-10-12-19/h8-16,21-22,25H,17H2,1-7H3/t21-,22-,25+/m1/s1. The van der Waals surface area contributed by atoms with Crippen molar-refractivity contribution in [1.29, 1.82) is 0 Å². The van der Waals surface area contributed by atoms with Crippen molar-refractivity contribution < 1.29 is 23.5 Å². The molecule has 2 amide bonds. The maximum absolute atomic E-state index is 13.8. The Morgan fingerprint density at radius 1 is 0.914 bits per heavy atom. The molecule has 6 nitrogen and oxygen atoms in total. The lowest BCUT2D eigenvalue weighted by Gasteiger charge is -2.40. The smallest absolute Gasteiger partial charge is 0.250 e. The van der Waals surface area contributed by atoms with Crippen LogP contribution in [0.5, 0.6) is 11.5 Å². The molecule has 35 heavy (non-hydrogen) atoms. The molecule has 2 aromatic rings. The van der Waals surface area contributed by atoms with Gasteiger partial charge in [0.2, 0.25) is 20.1 Å². The number of nitrogens with zero attached hydrogens (tertiary/aromatic N) is 1. The summed E-state index contributed by atoms with van der Waals surface area (Å²) < 4.78 is 17.6. The minimum absolute atomic E-state index is 0.00902. The van der Waals surface area contributed by atoms with E-state index in [1.165, 1.54) is 4.90 Å². The summed E-state index contributed by atoms with van der Waals surface area (Å²) in [5, 5.41) is 0.00902. The summed E-state index contributed by atoms with van der Waals surface area (Å²) in [4.78, 5) is 28.8. The van der Waals surface area contributed by atoms with E-state index in [9.17, 15) is 9.59 Å². The second-order valence-electron chi connectivity index (χ2n) is 10.8. The van der Waals surface area contributed by atoms with E-state index in [0.29, 0.717) is 23.6 Å². The van der Waals surface area contributed by atoms with Crippen LogP contribution >= 0.6 is 0 Å². The Balaban J connectivity index is 1.80. The number of carbonyl (C=O) groups is 2. The van der Waals surface area contributed by atoms with Gasteiger partial charge in [-0.3, -0.25) is 14.5 Å². The normalized spacial score (nSPS) is 22.5. The third kappa shape index (κ3) is 4.49. The number of imide groups is 1. The van der Waals surface area contributed by atoms with Gasteiger partial charge in [-0.15, -0.1) is 0 Å². The average molecular weight is 494 g/mol. The molecule has 1 fully saturated rings. The number of hydrogen-bond acceptors (Lipinski definition) is 5. The molecule has 3 atom stereocenters. The van der Waals surface area contributed by atoms with Gasteiger partial charge in [0.15, 0.2) is 11.5 Å². The van der Waals surface area contributed by atoms with Gasteiger partial charge in [-0.05, 0) is 54.0 Å². The number of anilines is 1. The van der Waals surface area contributed by atoms with Crippen LogP contribution in [0, 0.1) is 11.8 Å². The molecule has 1 aliphatic carbocycles. The summed E-state index contributed by atoms with van der Waals surface area (Å²) in [7, 11) is 1.04. The quantitative estimate of drug-likeness (QED) is 0.370. The molecular formula is C28H35NO5Si. The highest BCUT2D eigenvalue weighted by molar-refractivity contribution is 6.74. The molecule has 1 heterocycles. The number of ether oxygens (including phenoxy) is 2. The van der Waals surface area contributed by atoms with Gasteiger partial charge >= 0.3 is 0 Å². The van der Waals surface area contributed by atoms with Gasteiger partial charge in [0.25, 0.3) is 0 Å². The lowest BCUT2D eigenvalue weighted by molar-refractivity contribution is -0.122. The van der Waals surface area contributed by atoms with Crippen molar-refractivity contribution in [3.8, 4) is 11.5 Å². The molecule has 0 saturated carbocycles. The Kier molecular flexibility index (Phi) is 6.57. The summed E-state index contributed by atoms with van der Waals surface area (Å²) in [6, 6.07) is 14.9. The lowest BCUT2D eigenvalue weighted by atomic mass is 9.73. The van der Waals surface area contributed by atoms with E-state index in [4.69, 9.17) is 13.9 Å². The van der Waals surface area contributed by atoms with E-state index in [2.05, 4.69) is 39.9 Å². The number of methoxy groups -OCH3 is 2. The maximum Gasteiger partial charge on any atom is 0.250 e. The van der Waals surface area contributed by atoms with Crippen molar-refractivity contribution in [3.63, 3.8) is 0 Å². The molecule has 2 aliphatic rings. The fraction of sp³-hybridized carbons (Fsp3) is 0.429. The molecule has 2 aromatic carbocycles. The van der Waals surface area contributed by atoms with Crippen LogP contribution in [0.15, 0.2) is 60.4 Å². The second-order valence-corrected chi connectivity index (χ2v) is 15.5. The SMILES string of the molecule is COc1ccc([C@H]2C=C(O[Si](C)(C)C(C)(C)C)C[C@H]3C(=O)N(c4ccccc4)C(=O)[C@@H]23)cc1OC. The topological polar surface area (TPSA) is 65.1 Å². The highest BCUT2D eigenvalue weighted by atomic mass is 28.4. The number of fused-ring (bicyclic) bond motifs is 1. The first kappa shape index (κ1) is 25.0. The summed E-state index contributed by atoms with van der Waals surface area (Å²) in [5.74, 6) is 0.356. The Morgan fingerprint density at radius 2 is 1.57 bits per heavy atom. The second kappa shape index (κ2) is 9.19. The van der Waals surface area contributed by atoms with Crippen molar-refractivity contribution >= 4 is 25.8 Å². The third-order valence-corrected chi connectivity index (χ3v) is 12.0. The fourth-order valence-electron chi connectivity index (χ4n) is 4.71. The van der Waals surface area contributed by atoms with Crippen LogP contribution in [0.25, 0.3) is 0 Å². The number of para-hydroxylation sites is 1. The predicted molar refractivity (Wildman–Crippen MR) is 139 cm³/mol. The molecule has 1 saturated heterocycles. The van der Waals surface area contributed by atoms with Crippen LogP contribution in [0.1, 0.15) is 38.7 Å². The van der Waals surface area contributed by atoms with E-state index in [1.54, 1.807) is 26.4 Å². The van der Waals surface area contributed by atoms with E-state index in [0.717, 1.165) is 11.3 Å². The molecule has 0 radical (unpaired) electrons. The van der Waals surface area contributed by atoms with Gasteiger partial charge in [0, 0.05) is 12.3 Å². The van der Waals surface area contributed by atoms with Crippen LogP contribution in [0.2, 0.25) is 18.1 Å². The number of carbonyl (C=O) groups excluding carboxylic acids is 2. The highest BCUT2D eigenvalue weighted by Crippen LogP contribution is 2.49. The Morgan fingerprint density at radius 3 is 2.17 bits per heavy atom. The first-order valence-electron chi connectivity index (χ1n) is 12.0. The first-order chi connectivity index (χ1) is 16.5. The average Bonchev–Trinajstić information content (AvgIpc) is 3.07. The third-order valence-electron chi connectivity index (χ3n) is 7.65. The molecular weight excluding hydrogens is 458 g/mol. The minimum atomic E-state index is -2.14. The van der Waals surface area contributed by atoms with Crippen molar-refractivity contribution in [2.24, 2.45) is 11.8 Å². The van der Waals surface area contributed by atoms with Crippen molar-refractivity contribution in [1.82, 2.24) is 0 Å². The van der Waals surface area contributed by atoms with Gasteiger partial charge in [-0.1, -0.05) is 45.0 Å². The molecule has 0 bridgehead atoms. The number of allylic oxidation sites excluding steroid dienone is 2. The van der Waals surface area contributed by atoms with Gasteiger partial charge in [-0.25, -0.2) is 0 Å². The Hall–Kier alpha value is -3.06. The summed E-state index contributed by atoms with van der Waals surface area (Å²) >= 11 is 0. The monoisotopic (exact) mass is 493 g/mol. The van der Waals surface area contributed by atoms with Gasteiger partial charge < -0.3 is 13.9 Å². The van der Waals surface area contributed by atoms with Crippen LogP contribution < -0.4 is 14.4 Å². The van der Waals surface area contributed by atoms with Crippen LogP contribution in [0.3, 0.4) is 0 Å². The van der Waals surface area contributed by atoms with Crippen LogP contribution in [-0.4, -0.2) is 34.4 Å². The number of benzene rings is 2. The van der Waals surface area contributed by atoms with Gasteiger partial charge in [0.1, 0.15) is 0 Å². The van der Waals surface area contributed by atoms with Gasteiger partial charge in [-0.2, -0.15) is 0 Å². The molecule has 0 aromatic heterocycles. The van der Waals surface area contributed by atoms with Gasteiger partial charge in [0.05, 0.1) is 37.5 Å². The van der Waals surface area contributed by atoms with E-state index in [-0.39, 0.29) is 22.8 Å². The van der Waals surface area contributed by atoms with Crippen LogP contribution in [-0.2, 0) is 14.0 Å². The maximum atomic E-state index is 13.8. The zero-order valence-electron chi connectivity index (χ0n) is 21.6. The summed E-state index contributed by atoms with van der Waals surface area (Å²) in [6.07, 6.45) is 2.48. The number of rotatable bonds is 6. The van der Waals surface area contributed by atoms with E-state index in [1.807, 2.05) is 36.4 Å². The van der Waals surface area contributed by atoms with E-state index < -0.39 is 20.2 Å². The van der Waals surface area contributed by atoms with Crippen molar-refractivity contribution in [2.45, 2.75) is 51.2 Å². The zero-order valence-corrected chi connectivity index (χ0v) is 22.6. The molecule has 0 N–H and O–H groups in total. The predicted octanol–water partition coefficient (Wildman–Crippen LogP) is 5.90. The zero-order chi connectivity index (χ0) is 25.5. The highest BCUT2D eigenvalue weighted by Gasteiger charge is 2.54. The first-order valence-corrected chi connectivity index (χ1v) is 14.9. The molecule has 186 valence electrons. The molecule has 0 unspecified atom stereocenters. The largest absolute Gasteiger partial charge is 0.547 e. The molecule has 0 spiro atoms. The lowest BCUT2D eigenvalue weighted by Crippen LogP contribution is -2.41. The Labute approximate surface area is 209 Å². The number of amides is 2. The molecule has 7 heteroatoms. The van der Waals surface area contributed by atoms with Crippen molar-refractivity contribution in [2.75, 3.05) is 19.1 Å². The summed E-state index contributed by atoms with van der Waals surface area (Å²) in [5.41, 5.74) is 1.50. The van der Waals surface area contributed by atoms with Crippen LogP contribution in [0.4, 0.5) is 5.69 Å². The van der Waals surface area contributed by atoms with Crippen molar-refractivity contribution in [3.05, 3.63) is 65.9 Å². The Bertz CT molecular complexity index is 1150. The summed E-state index contributed by atoms with van der Waals surface area (Å²) in [6.45, 7) is 11.0. The minimum Gasteiger partial charge on any atom is -0.547 e.